The molecule has 1 aromatic rings. The Bertz CT molecular complexity index is 420. The van der Waals surface area contributed by atoms with Gasteiger partial charge < -0.3 is 15.6 Å². The van der Waals surface area contributed by atoms with Crippen LogP contribution >= 0.6 is 22.6 Å². The SMILES string of the molecule is CCOC(=O)C(N)Cc1cc(I)c(C)cc1O. The van der Waals surface area contributed by atoms with Gasteiger partial charge in [0.05, 0.1) is 6.61 Å². The molecule has 0 spiro atoms. The van der Waals surface area contributed by atoms with E-state index in [-0.39, 0.29) is 12.2 Å². The van der Waals surface area contributed by atoms with E-state index in [2.05, 4.69) is 22.6 Å². The first-order valence-corrected chi connectivity index (χ1v) is 6.43. The van der Waals surface area contributed by atoms with Crippen LogP contribution in [-0.2, 0) is 16.0 Å². The predicted octanol–water partition coefficient (Wildman–Crippen LogP) is 1.74. The van der Waals surface area contributed by atoms with Gasteiger partial charge in [0.1, 0.15) is 11.8 Å². The van der Waals surface area contributed by atoms with Gasteiger partial charge in [0.25, 0.3) is 0 Å². The summed E-state index contributed by atoms with van der Waals surface area (Å²) >= 11 is 2.18. The topological polar surface area (TPSA) is 72.5 Å². The number of aryl methyl sites for hydroxylation is 1. The van der Waals surface area contributed by atoms with Crippen molar-refractivity contribution in [1.29, 1.82) is 0 Å². The highest BCUT2D eigenvalue weighted by atomic mass is 127. The van der Waals surface area contributed by atoms with Crippen LogP contribution < -0.4 is 5.73 Å². The summed E-state index contributed by atoms with van der Waals surface area (Å²) in [5.74, 6) is -0.273. The predicted molar refractivity (Wildman–Crippen MR) is 73.9 cm³/mol. The highest BCUT2D eigenvalue weighted by Gasteiger charge is 2.17. The van der Waals surface area contributed by atoms with Crippen LogP contribution in [-0.4, -0.2) is 23.7 Å². The molecule has 0 saturated carbocycles. The van der Waals surface area contributed by atoms with Crippen molar-refractivity contribution in [2.24, 2.45) is 5.73 Å². The van der Waals surface area contributed by atoms with Crippen molar-refractivity contribution in [1.82, 2.24) is 0 Å². The summed E-state index contributed by atoms with van der Waals surface area (Å²) in [4.78, 5) is 11.4. The van der Waals surface area contributed by atoms with Crippen molar-refractivity contribution < 1.29 is 14.6 Å². The number of hydrogen-bond donors (Lipinski definition) is 2. The number of esters is 1. The quantitative estimate of drug-likeness (QED) is 0.642. The Balaban J connectivity index is 2.81. The summed E-state index contributed by atoms with van der Waals surface area (Å²) in [6, 6.07) is 2.78. The van der Waals surface area contributed by atoms with Crippen LogP contribution in [0, 0.1) is 10.5 Å². The molecule has 0 amide bonds. The van der Waals surface area contributed by atoms with Crippen molar-refractivity contribution in [2.75, 3.05) is 6.61 Å². The lowest BCUT2D eigenvalue weighted by Gasteiger charge is -2.12. The van der Waals surface area contributed by atoms with Gasteiger partial charge in [0.15, 0.2) is 0 Å². The van der Waals surface area contributed by atoms with Gasteiger partial charge in [-0.05, 0) is 59.7 Å². The van der Waals surface area contributed by atoms with Gasteiger partial charge in [0.2, 0.25) is 0 Å². The number of halogens is 1. The van der Waals surface area contributed by atoms with Gasteiger partial charge in [-0.3, -0.25) is 4.79 Å². The first-order chi connectivity index (χ1) is 7.95. The third-order valence-corrected chi connectivity index (χ3v) is 3.55. The largest absolute Gasteiger partial charge is 0.508 e. The Labute approximate surface area is 114 Å². The number of ether oxygens (including phenoxy) is 1. The highest BCUT2D eigenvalue weighted by molar-refractivity contribution is 14.1. The maximum absolute atomic E-state index is 11.4. The average molecular weight is 349 g/mol. The van der Waals surface area contributed by atoms with Crippen LogP contribution in [0.1, 0.15) is 18.1 Å². The standard InChI is InChI=1S/C12H16INO3/c1-3-17-12(16)10(14)6-8-5-9(13)7(2)4-11(8)15/h4-5,10,15H,3,6,14H2,1-2H3. The van der Waals surface area contributed by atoms with Crippen molar-refractivity contribution >= 4 is 28.6 Å². The molecule has 0 aliphatic heterocycles. The second kappa shape index (κ2) is 6.20. The number of phenolic OH excluding ortho intramolecular Hbond substituents is 1. The molecular weight excluding hydrogens is 333 g/mol. The molecule has 0 radical (unpaired) electrons. The molecule has 5 heteroatoms. The number of phenols is 1. The van der Waals surface area contributed by atoms with E-state index in [0.29, 0.717) is 12.2 Å². The van der Waals surface area contributed by atoms with Gasteiger partial charge in [-0.15, -0.1) is 0 Å². The molecule has 3 N–H and O–H groups in total. The molecular formula is C12H16INO3. The van der Waals surface area contributed by atoms with Gasteiger partial charge in [-0.2, -0.15) is 0 Å². The van der Waals surface area contributed by atoms with Crippen molar-refractivity contribution in [3.05, 3.63) is 26.8 Å². The molecule has 0 aliphatic carbocycles. The lowest BCUT2D eigenvalue weighted by atomic mass is 10.0. The van der Waals surface area contributed by atoms with E-state index in [9.17, 15) is 9.90 Å². The number of carbonyl (C=O) groups excluding carboxylic acids is 1. The summed E-state index contributed by atoms with van der Waals surface area (Å²) in [6.07, 6.45) is 0.279. The second-order valence-corrected chi connectivity index (χ2v) is 4.95. The second-order valence-electron chi connectivity index (χ2n) is 3.79. The zero-order valence-corrected chi connectivity index (χ0v) is 12.0. The summed E-state index contributed by atoms with van der Waals surface area (Å²) in [6.45, 7) is 3.96. The minimum atomic E-state index is -0.737. The third kappa shape index (κ3) is 3.85. The number of benzene rings is 1. The molecule has 0 heterocycles. The monoisotopic (exact) mass is 349 g/mol. The van der Waals surface area contributed by atoms with Gasteiger partial charge in [-0.25, -0.2) is 0 Å². The molecule has 0 fully saturated rings. The maximum atomic E-state index is 11.4. The van der Waals surface area contributed by atoms with Crippen LogP contribution in [0.25, 0.3) is 0 Å². The van der Waals surface area contributed by atoms with Gasteiger partial charge in [-0.1, -0.05) is 0 Å². The molecule has 0 saturated heterocycles. The van der Waals surface area contributed by atoms with E-state index < -0.39 is 12.0 Å². The Kier molecular flexibility index (Phi) is 5.20. The fourth-order valence-corrected chi connectivity index (χ4v) is 1.97. The molecule has 17 heavy (non-hydrogen) atoms. The number of aromatic hydroxyl groups is 1. The fraction of sp³-hybridized carbons (Fsp3) is 0.417. The molecule has 1 aromatic carbocycles. The normalized spacial score (nSPS) is 12.2. The summed E-state index contributed by atoms with van der Waals surface area (Å²) in [5.41, 5.74) is 7.37. The molecule has 1 rings (SSSR count). The van der Waals surface area contributed by atoms with Crippen molar-refractivity contribution in [3.63, 3.8) is 0 Å². The number of hydrogen-bond acceptors (Lipinski definition) is 4. The third-order valence-electron chi connectivity index (χ3n) is 2.39. The molecule has 1 atom stereocenters. The van der Waals surface area contributed by atoms with Crippen LogP contribution in [0.15, 0.2) is 12.1 Å². The molecule has 0 bridgehead atoms. The first-order valence-electron chi connectivity index (χ1n) is 5.36. The smallest absolute Gasteiger partial charge is 0.323 e. The summed E-state index contributed by atoms with van der Waals surface area (Å²) < 4.78 is 5.86. The Morgan fingerprint density at radius 3 is 2.82 bits per heavy atom. The van der Waals surface area contributed by atoms with E-state index in [0.717, 1.165) is 9.13 Å². The van der Waals surface area contributed by atoms with Crippen molar-refractivity contribution in [3.8, 4) is 5.75 Å². The zero-order chi connectivity index (χ0) is 13.0. The summed E-state index contributed by atoms with van der Waals surface area (Å²) in [5, 5.41) is 9.77. The number of nitrogens with two attached hydrogens (primary N) is 1. The van der Waals surface area contributed by atoms with E-state index in [1.165, 1.54) is 0 Å². The average Bonchev–Trinajstić information content (AvgIpc) is 2.26. The molecule has 4 nitrogen and oxygen atoms in total. The van der Waals surface area contributed by atoms with E-state index in [1.54, 1.807) is 13.0 Å². The molecule has 94 valence electrons. The first kappa shape index (κ1) is 14.2. The molecule has 0 aliphatic rings. The highest BCUT2D eigenvalue weighted by Crippen LogP contribution is 2.24. The van der Waals surface area contributed by atoms with Crippen LogP contribution in [0.5, 0.6) is 5.75 Å². The van der Waals surface area contributed by atoms with Crippen LogP contribution in [0.3, 0.4) is 0 Å². The Morgan fingerprint density at radius 2 is 2.24 bits per heavy atom. The van der Waals surface area contributed by atoms with Crippen molar-refractivity contribution in [2.45, 2.75) is 26.3 Å². The fourth-order valence-electron chi connectivity index (χ4n) is 1.44. The van der Waals surface area contributed by atoms with E-state index >= 15 is 0 Å². The molecule has 0 aromatic heterocycles. The molecule has 1 unspecified atom stereocenters. The van der Waals surface area contributed by atoms with E-state index in [4.69, 9.17) is 10.5 Å². The lowest BCUT2D eigenvalue weighted by Crippen LogP contribution is -2.34. The van der Waals surface area contributed by atoms with Gasteiger partial charge >= 0.3 is 5.97 Å². The Hall–Kier alpha value is -0.820. The summed E-state index contributed by atoms with van der Waals surface area (Å²) in [7, 11) is 0. The minimum Gasteiger partial charge on any atom is -0.508 e. The minimum absolute atomic E-state index is 0.169. The number of rotatable bonds is 4. The van der Waals surface area contributed by atoms with Gasteiger partial charge in [0, 0.05) is 9.99 Å². The van der Waals surface area contributed by atoms with E-state index in [1.807, 2.05) is 13.0 Å². The lowest BCUT2D eigenvalue weighted by molar-refractivity contribution is -0.144. The van der Waals surface area contributed by atoms with Crippen LogP contribution in [0.4, 0.5) is 0 Å². The number of carbonyl (C=O) groups is 1. The van der Waals surface area contributed by atoms with Crippen LogP contribution in [0.2, 0.25) is 0 Å². The zero-order valence-electron chi connectivity index (χ0n) is 9.87. The Morgan fingerprint density at radius 1 is 1.59 bits per heavy atom. The maximum Gasteiger partial charge on any atom is 0.323 e.